The number of fused-ring (bicyclic) bond motifs is 5. The lowest BCUT2D eigenvalue weighted by Crippen LogP contribution is -2.42. The molecule has 2 heterocycles. The molecule has 1 amide bonds. The van der Waals surface area contributed by atoms with Crippen LogP contribution in [0.25, 0.3) is 0 Å². The van der Waals surface area contributed by atoms with E-state index in [9.17, 15) is 9.59 Å². The van der Waals surface area contributed by atoms with E-state index in [4.69, 9.17) is 4.74 Å². The third-order valence-electron chi connectivity index (χ3n) is 13.9. The monoisotopic (exact) mass is 443 g/mol. The Morgan fingerprint density at radius 1 is 0.727 bits per heavy atom. The second kappa shape index (κ2) is 4.75. The number of esters is 1. The van der Waals surface area contributed by atoms with E-state index in [0.29, 0.717) is 22.0 Å². The van der Waals surface area contributed by atoms with Crippen LogP contribution in [0.3, 0.4) is 0 Å². The number of cyclic esters (lactones) is 1. The summed E-state index contributed by atoms with van der Waals surface area (Å²) in [5.74, 6) is 5.75. The van der Waals surface area contributed by atoms with Crippen LogP contribution in [0, 0.1) is 57.2 Å². The van der Waals surface area contributed by atoms with Crippen LogP contribution in [-0.4, -0.2) is 23.8 Å². The summed E-state index contributed by atoms with van der Waals surface area (Å²) < 4.78 is 6.26. The van der Waals surface area contributed by atoms with Gasteiger partial charge in [0.15, 0.2) is 0 Å². The third kappa shape index (κ3) is 1.59. The molecule has 0 radical (unpaired) electrons. The predicted octanol–water partition coefficient (Wildman–Crippen LogP) is 4.96. The SMILES string of the molecule is CN1C(=O)C2=C(C34CC5CC6CC(C3)C6(C5)C4)OC(=O)C2=C1C12CC3CC4CC(C1)C4(C3)C2. The van der Waals surface area contributed by atoms with Crippen LogP contribution in [0.15, 0.2) is 22.6 Å². The smallest absolute Gasteiger partial charge is 0.346 e. The van der Waals surface area contributed by atoms with Crippen molar-refractivity contribution in [2.45, 2.75) is 77.0 Å². The van der Waals surface area contributed by atoms with Crippen molar-refractivity contribution in [3.05, 3.63) is 22.6 Å². The summed E-state index contributed by atoms with van der Waals surface area (Å²) in [5.41, 5.74) is 3.58. The molecule has 10 unspecified atom stereocenters. The van der Waals surface area contributed by atoms with Crippen molar-refractivity contribution in [1.29, 1.82) is 0 Å². The number of hydrogen-bond acceptors (Lipinski definition) is 3. The Hall–Kier alpha value is -1.58. The Kier molecular flexibility index (Phi) is 2.56. The fourth-order valence-electron chi connectivity index (χ4n) is 13.5. The van der Waals surface area contributed by atoms with Crippen LogP contribution >= 0.6 is 0 Å². The van der Waals surface area contributed by atoms with E-state index in [2.05, 4.69) is 0 Å². The van der Waals surface area contributed by atoms with Gasteiger partial charge in [-0.2, -0.15) is 0 Å². The van der Waals surface area contributed by atoms with Crippen molar-refractivity contribution in [2.24, 2.45) is 57.2 Å². The molecule has 0 aromatic rings. The minimum absolute atomic E-state index is 0.0382. The van der Waals surface area contributed by atoms with E-state index < -0.39 is 0 Å². The highest BCUT2D eigenvalue weighted by Gasteiger charge is 2.75. The van der Waals surface area contributed by atoms with Crippen molar-refractivity contribution in [2.75, 3.05) is 7.05 Å². The first-order valence-corrected chi connectivity index (χ1v) is 13.9. The van der Waals surface area contributed by atoms with Gasteiger partial charge in [-0.1, -0.05) is 0 Å². The maximum absolute atomic E-state index is 13.9. The molecule has 0 N–H and O–H groups in total. The fraction of sp³-hybridized carbons (Fsp3) is 0.793. The van der Waals surface area contributed by atoms with Crippen molar-refractivity contribution in [1.82, 2.24) is 4.90 Å². The molecule has 10 aliphatic rings. The van der Waals surface area contributed by atoms with Crippen molar-refractivity contribution in [3.8, 4) is 0 Å². The number of hydrogen-bond donors (Lipinski definition) is 0. The van der Waals surface area contributed by atoms with Crippen LogP contribution in [0.1, 0.15) is 77.0 Å². The first kappa shape index (κ1) is 17.8. The third-order valence-corrected chi connectivity index (χ3v) is 13.9. The fourth-order valence-corrected chi connectivity index (χ4v) is 13.5. The van der Waals surface area contributed by atoms with Gasteiger partial charge in [-0.15, -0.1) is 0 Å². The van der Waals surface area contributed by atoms with Gasteiger partial charge in [-0.05, 0) is 123 Å². The topological polar surface area (TPSA) is 46.6 Å². The molecule has 0 aromatic carbocycles. The second-order valence-electron chi connectivity index (χ2n) is 14.7. The molecular formula is C29H33NO3. The molecule has 0 aromatic heterocycles. The van der Waals surface area contributed by atoms with Crippen LogP contribution in [0.5, 0.6) is 0 Å². The average Bonchev–Trinajstić information content (AvgIpc) is 3.46. The maximum Gasteiger partial charge on any atom is 0.346 e. The number of amides is 1. The van der Waals surface area contributed by atoms with Gasteiger partial charge >= 0.3 is 5.97 Å². The number of likely N-dealkylation sites (N-methyl/N-ethyl adjacent to an activating group) is 1. The zero-order chi connectivity index (χ0) is 21.7. The Bertz CT molecular complexity index is 1190. The molecule has 8 saturated carbocycles. The number of allylic oxidation sites excluding steroid dienone is 2. The molecule has 2 aliphatic heterocycles. The van der Waals surface area contributed by atoms with Gasteiger partial charge in [0, 0.05) is 23.6 Å². The molecule has 172 valence electrons. The van der Waals surface area contributed by atoms with Gasteiger partial charge in [0.2, 0.25) is 0 Å². The minimum atomic E-state index is -0.186. The summed E-state index contributed by atoms with van der Waals surface area (Å²) in [6.45, 7) is 0. The second-order valence-corrected chi connectivity index (χ2v) is 14.7. The van der Waals surface area contributed by atoms with E-state index in [0.717, 1.165) is 59.8 Å². The number of nitrogens with zero attached hydrogens (tertiary/aromatic N) is 1. The highest BCUT2D eigenvalue weighted by molar-refractivity contribution is 6.17. The lowest BCUT2D eigenvalue weighted by Gasteiger charge is -2.49. The molecule has 2 spiro atoms. The number of carbonyl (C=O) groups excluding carboxylic acids is 2. The Labute approximate surface area is 195 Å². The molecular weight excluding hydrogens is 410 g/mol. The Morgan fingerprint density at radius 2 is 1.33 bits per heavy atom. The summed E-state index contributed by atoms with van der Waals surface area (Å²) >= 11 is 0. The summed E-state index contributed by atoms with van der Waals surface area (Å²) in [4.78, 5) is 29.5. The Morgan fingerprint density at radius 3 is 2.03 bits per heavy atom. The van der Waals surface area contributed by atoms with Gasteiger partial charge in [0.1, 0.15) is 5.76 Å². The number of carbonyl (C=O) groups is 2. The van der Waals surface area contributed by atoms with Crippen molar-refractivity contribution < 1.29 is 14.3 Å². The first-order valence-electron chi connectivity index (χ1n) is 13.9. The average molecular weight is 444 g/mol. The molecule has 8 aliphatic carbocycles. The molecule has 0 saturated heterocycles. The minimum Gasteiger partial charge on any atom is -0.426 e. The van der Waals surface area contributed by atoms with E-state index in [1.165, 1.54) is 64.2 Å². The molecule has 10 rings (SSSR count). The van der Waals surface area contributed by atoms with Gasteiger partial charge < -0.3 is 9.64 Å². The highest BCUT2D eigenvalue weighted by Crippen LogP contribution is 2.82. The maximum atomic E-state index is 13.9. The quantitative estimate of drug-likeness (QED) is 0.567. The van der Waals surface area contributed by atoms with E-state index in [-0.39, 0.29) is 22.7 Å². The van der Waals surface area contributed by atoms with E-state index in [1.54, 1.807) is 0 Å². The summed E-state index contributed by atoms with van der Waals surface area (Å²) in [6, 6.07) is 0. The largest absolute Gasteiger partial charge is 0.426 e. The summed E-state index contributed by atoms with van der Waals surface area (Å²) in [6.07, 6.45) is 15.5. The molecule has 4 nitrogen and oxygen atoms in total. The van der Waals surface area contributed by atoms with E-state index in [1.807, 2.05) is 11.9 Å². The molecule has 10 atom stereocenters. The summed E-state index contributed by atoms with van der Waals surface area (Å²) in [5, 5.41) is 0. The molecule has 8 fully saturated rings. The lowest BCUT2D eigenvalue weighted by molar-refractivity contribution is -0.135. The zero-order valence-electron chi connectivity index (χ0n) is 19.6. The van der Waals surface area contributed by atoms with Crippen LogP contribution < -0.4 is 0 Å². The molecule has 6 bridgehead atoms. The van der Waals surface area contributed by atoms with Gasteiger partial charge in [0.25, 0.3) is 5.91 Å². The van der Waals surface area contributed by atoms with Gasteiger partial charge in [-0.25, -0.2) is 4.79 Å². The van der Waals surface area contributed by atoms with Gasteiger partial charge in [0.05, 0.1) is 11.1 Å². The van der Waals surface area contributed by atoms with E-state index >= 15 is 0 Å². The molecule has 4 heteroatoms. The van der Waals surface area contributed by atoms with Gasteiger partial charge in [-0.3, -0.25) is 4.79 Å². The normalized spacial score (nSPS) is 60.0. The van der Waals surface area contributed by atoms with Crippen LogP contribution in [0.2, 0.25) is 0 Å². The van der Waals surface area contributed by atoms with Crippen molar-refractivity contribution in [3.63, 3.8) is 0 Å². The summed E-state index contributed by atoms with van der Waals surface area (Å²) in [7, 11) is 1.97. The van der Waals surface area contributed by atoms with Crippen LogP contribution in [-0.2, 0) is 14.3 Å². The lowest BCUT2D eigenvalue weighted by atomic mass is 9.55. The standard InChI is InChI=1S/C29H33NO3/c1-30-22(26-6-14-2-16-4-18(10-26)28(16,8-14)12-26)20-21(24(30)31)23(33-25(20)32)27-7-15-3-17-5-19(11-27)29(17,9-15)13-27/h14-19H,2-13H2,1H3. The van der Waals surface area contributed by atoms with Crippen LogP contribution in [0.4, 0.5) is 0 Å². The predicted molar refractivity (Wildman–Crippen MR) is 119 cm³/mol. The molecule has 33 heavy (non-hydrogen) atoms. The Balaban J connectivity index is 1.16. The highest BCUT2D eigenvalue weighted by atomic mass is 16.5. The number of ether oxygens (including phenoxy) is 1. The zero-order valence-corrected chi connectivity index (χ0v) is 19.6. The number of rotatable bonds is 2. The van der Waals surface area contributed by atoms with Crippen molar-refractivity contribution >= 4 is 11.9 Å². The first-order chi connectivity index (χ1) is 15.9.